The molecule has 17 heavy (non-hydrogen) atoms. The molecule has 3 nitrogen and oxygen atoms in total. The minimum Gasteiger partial charge on any atom is -0.398 e. The van der Waals surface area contributed by atoms with Crippen LogP contribution in [0.4, 0.5) is 5.69 Å². The first kappa shape index (κ1) is 12.7. The molecule has 0 amide bonds. The Kier molecular flexibility index (Phi) is 4.25. The van der Waals surface area contributed by atoms with Crippen molar-refractivity contribution in [3.8, 4) is 0 Å². The fourth-order valence-corrected chi connectivity index (χ4v) is 2.53. The van der Waals surface area contributed by atoms with Gasteiger partial charge in [0.2, 0.25) is 0 Å². The highest BCUT2D eigenvalue weighted by Crippen LogP contribution is 2.29. The zero-order valence-electron chi connectivity index (χ0n) is 8.73. The largest absolute Gasteiger partial charge is 0.398 e. The van der Waals surface area contributed by atoms with Gasteiger partial charge in [0.25, 0.3) is 0 Å². The normalized spacial score (nSPS) is 10.5. The molecule has 0 saturated carbocycles. The number of thioether (sulfide) groups is 1. The lowest BCUT2D eigenvalue weighted by molar-refractivity contribution is 1.10. The van der Waals surface area contributed by atoms with Crippen molar-refractivity contribution < 1.29 is 0 Å². The Labute approximate surface area is 117 Å². The van der Waals surface area contributed by atoms with Crippen LogP contribution in [0.25, 0.3) is 0 Å². The van der Waals surface area contributed by atoms with Crippen LogP contribution in [-0.2, 0) is 5.75 Å². The van der Waals surface area contributed by atoms with Crippen LogP contribution in [0.1, 0.15) is 5.69 Å². The summed E-state index contributed by atoms with van der Waals surface area (Å²) in [6.45, 7) is 0. The SMILES string of the molecule is Nc1cc(Br)ccc1SCc1cnc(Cl)cn1. The molecule has 88 valence electrons. The summed E-state index contributed by atoms with van der Waals surface area (Å²) in [5, 5.41) is 0.405. The van der Waals surface area contributed by atoms with Gasteiger partial charge in [0.1, 0.15) is 5.15 Å². The van der Waals surface area contributed by atoms with Crippen LogP contribution in [0.2, 0.25) is 5.15 Å². The van der Waals surface area contributed by atoms with Crippen molar-refractivity contribution >= 4 is 45.0 Å². The van der Waals surface area contributed by atoms with Crippen molar-refractivity contribution in [2.75, 3.05) is 5.73 Å². The second-order valence-corrected chi connectivity index (χ2v) is 5.62. The predicted octanol–water partition coefficient (Wildman–Crippen LogP) is 3.77. The molecule has 1 aromatic heterocycles. The molecule has 0 saturated heterocycles. The maximum atomic E-state index is 5.90. The lowest BCUT2D eigenvalue weighted by Crippen LogP contribution is -1.91. The smallest absolute Gasteiger partial charge is 0.147 e. The van der Waals surface area contributed by atoms with E-state index in [1.165, 1.54) is 0 Å². The zero-order valence-corrected chi connectivity index (χ0v) is 11.9. The summed E-state index contributed by atoms with van der Waals surface area (Å²) in [6, 6.07) is 5.83. The second kappa shape index (κ2) is 5.71. The fourth-order valence-electron chi connectivity index (χ4n) is 1.22. The molecule has 0 unspecified atom stereocenters. The van der Waals surface area contributed by atoms with Gasteiger partial charge in [0, 0.05) is 20.8 Å². The summed E-state index contributed by atoms with van der Waals surface area (Å²) < 4.78 is 0.977. The van der Waals surface area contributed by atoms with Crippen LogP contribution in [0, 0.1) is 0 Å². The molecule has 0 spiro atoms. The monoisotopic (exact) mass is 329 g/mol. The maximum absolute atomic E-state index is 5.90. The first-order valence-electron chi connectivity index (χ1n) is 4.79. The number of aromatic nitrogens is 2. The van der Waals surface area contributed by atoms with Crippen molar-refractivity contribution in [2.24, 2.45) is 0 Å². The van der Waals surface area contributed by atoms with E-state index in [0.717, 1.165) is 26.5 Å². The summed E-state index contributed by atoms with van der Waals surface area (Å²) in [5.74, 6) is 0.718. The van der Waals surface area contributed by atoms with Gasteiger partial charge in [-0.3, -0.25) is 4.98 Å². The predicted molar refractivity (Wildman–Crippen MR) is 75.2 cm³/mol. The minimum atomic E-state index is 0.405. The highest BCUT2D eigenvalue weighted by atomic mass is 79.9. The summed E-state index contributed by atoms with van der Waals surface area (Å²) in [5.41, 5.74) is 7.53. The average Bonchev–Trinajstić information content (AvgIpc) is 2.30. The van der Waals surface area contributed by atoms with E-state index >= 15 is 0 Å². The molecule has 1 heterocycles. The lowest BCUT2D eigenvalue weighted by atomic mass is 10.3. The Morgan fingerprint density at radius 1 is 1.29 bits per heavy atom. The van der Waals surface area contributed by atoms with Gasteiger partial charge in [0.15, 0.2) is 0 Å². The fraction of sp³-hybridized carbons (Fsp3) is 0.0909. The summed E-state index contributed by atoms with van der Waals surface area (Å²) in [7, 11) is 0. The summed E-state index contributed by atoms with van der Waals surface area (Å²) >= 11 is 10.7. The van der Waals surface area contributed by atoms with Crippen LogP contribution in [0.3, 0.4) is 0 Å². The summed E-state index contributed by atoms with van der Waals surface area (Å²) in [4.78, 5) is 9.19. The van der Waals surface area contributed by atoms with Crippen molar-refractivity contribution in [3.05, 3.63) is 45.9 Å². The van der Waals surface area contributed by atoms with Crippen molar-refractivity contribution in [3.63, 3.8) is 0 Å². The van der Waals surface area contributed by atoms with Crippen molar-refractivity contribution in [2.45, 2.75) is 10.6 Å². The number of anilines is 1. The molecule has 0 radical (unpaired) electrons. The molecule has 1 aromatic carbocycles. The van der Waals surface area contributed by atoms with Crippen molar-refractivity contribution in [1.82, 2.24) is 9.97 Å². The van der Waals surface area contributed by atoms with E-state index in [1.54, 1.807) is 24.2 Å². The van der Waals surface area contributed by atoms with E-state index in [-0.39, 0.29) is 0 Å². The molecule has 2 aromatic rings. The number of benzene rings is 1. The molecule has 2 rings (SSSR count). The molecule has 0 fully saturated rings. The van der Waals surface area contributed by atoms with Gasteiger partial charge < -0.3 is 5.73 Å². The molecule has 0 aliphatic heterocycles. The van der Waals surface area contributed by atoms with E-state index < -0.39 is 0 Å². The number of nitrogen functional groups attached to an aromatic ring is 1. The van der Waals surface area contributed by atoms with E-state index in [2.05, 4.69) is 25.9 Å². The Balaban J connectivity index is 2.04. The third kappa shape index (κ3) is 3.59. The van der Waals surface area contributed by atoms with Gasteiger partial charge in [-0.15, -0.1) is 11.8 Å². The van der Waals surface area contributed by atoms with Crippen LogP contribution in [0.5, 0.6) is 0 Å². The van der Waals surface area contributed by atoms with Crippen LogP contribution < -0.4 is 5.73 Å². The van der Waals surface area contributed by atoms with E-state index in [9.17, 15) is 0 Å². The second-order valence-electron chi connectivity index (χ2n) is 3.30. The highest BCUT2D eigenvalue weighted by Gasteiger charge is 2.02. The quantitative estimate of drug-likeness (QED) is 0.687. The third-order valence-corrected chi connectivity index (χ3v) is 3.83. The van der Waals surface area contributed by atoms with E-state index in [4.69, 9.17) is 17.3 Å². The molecular weight excluding hydrogens is 322 g/mol. The number of rotatable bonds is 3. The van der Waals surface area contributed by atoms with Gasteiger partial charge in [-0.05, 0) is 18.2 Å². The molecular formula is C11H9BrClN3S. The first-order valence-corrected chi connectivity index (χ1v) is 6.95. The molecule has 6 heteroatoms. The average molecular weight is 331 g/mol. The van der Waals surface area contributed by atoms with Gasteiger partial charge in [0.05, 0.1) is 18.1 Å². The van der Waals surface area contributed by atoms with Gasteiger partial charge in [-0.2, -0.15) is 0 Å². The lowest BCUT2D eigenvalue weighted by Gasteiger charge is -2.05. The van der Waals surface area contributed by atoms with Crippen LogP contribution in [0.15, 0.2) is 40.0 Å². The molecule has 0 aliphatic rings. The number of halogens is 2. The summed E-state index contributed by atoms with van der Waals surface area (Å²) in [6.07, 6.45) is 3.22. The highest BCUT2D eigenvalue weighted by molar-refractivity contribution is 9.10. The number of nitrogens with zero attached hydrogens (tertiary/aromatic N) is 2. The molecule has 0 bridgehead atoms. The van der Waals surface area contributed by atoms with E-state index in [0.29, 0.717) is 5.15 Å². The minimum absolute atomic E-state index is 0.405. The van der Waals surface area contributed by atoms with Gasteiger partial charge in [-0.25, -0.2) is 4.98 Å². The zero-order chi connectivity index (χ0) is 12.3. The number of hydrogen-bond donors (Lipinski definition) is 1. The first-order chi connectivity index (χ1) is 8.15. The standard InChI is InChI=1S/C11H9BrClN3S/c12-7-1-2-10(9(14)3-7)17-6-8-4-16-11(13)5-15-8/h1-5H,6,14H2. The topological polar surface area (TPSA) is 51.8 Å². The Morgan fingerprint density at radius 2 is 2.12 bits per heavy atom. The van der Waals surface area contributed by atoms with Crippen molar-refractivity contribution in [1.29, 1.82) is 0 Å². The third-order valence-electron chi connectivity index (χ3n) is 2.02. The van der Waals surface area contributed by atoms with E-state index in [1.807, 2.05) is 18.2 Å². The maximum Gasteiger partial charge on any atom is 0.147 e. The number of nitrogens with two attached hydrogens (primary N) is 1. The van der Waals surface area contributed by atoms with Gasteiger partial charge >= 0.3 is 0 Å². The van der Waals surface area contributed by atoms with Crippen LogP contribution in [-0.4, -0.2) is 9.97 Å². The molecule has 0 aliphatic carbocycles. The van der Waals surface area contributed by atoms with Crippen LogP contribution >= 0.6 is 39.3 Å². The molecule has 2 N–H and O–H groups in total. The Bertz CT molecular complexity index is 519. The molecule has 0 atom stereocenters. The van der Waals surface area contributed by atoms with Gasteiger partial charge in [-0.1, -0.05) is 27.5 Å². The Hall–Kier alpha value is -0.780. The Morgan fingerprint density at radius 3 is 2.76 bits per heavy atom. The number of hydrogen-bond acceptors (Lipinski definition) is 4.